The fourth-order valence-corrected chi connectivity index (χ4v) is 4.88. The molecule has 9 nitrogen and oxygen atoms in total. The maximum Gasteiger partial charge on any atom is 0.262 e. The highest BCUT2D eigenvalue weighted by atomic mass is 19.1. The van der Waals surface area contributed by atoms with E-state index in [0.29, 0.717) is 73.3 Å². The summed E-state index contributed by atoms with van der Waals surface area (Å²) in [6, 6.07) is 3.17. The van der Waals surface area contributed by atoms with Gasteiger partial charge in [-0.2, -0.15) is 5.10 Å². The molecule has 2 aromatic heterocycles. The highest BCUT2D eigenvalue weighted by molar-refractivity contribution is 5.73. The predicted molar refractivity (Wildman–Crippen MR) is 117 cm³/mol. The molecule has 0 spiro atoms. The number of aromatic nitrogens is 4. The molecule has 0 amide bonds. The summed E-state index contributed by atoms with van der Waals surface area (Å²) < 4.78 is 32.9. The second kappa shape index (κ2) is 8.11. The third kappa shape index (κ3) is 3.57. The lowest BCUT2D eigenvalue weighted by molar-refractivity contribution is -0.00855. The fraction of sp³-hybridized carbons (Fsp3) is 0.522. The van der Waals surface area contributed by atoms with Crippen molar-refractivity contribution in [3.63, 3.8) is 0 Å². The molecule has 1 N–H and O–H groups in total. The summed E-state index contributed by atoms with van der Waals surface area (Å²) in [6.07, 6.45) is 3.85. The van der Waals surface area contributed by atoms with Gasteiger partial charge in [-0.05, 0) is 31.9 Å². The Labute approximate surface area is 189 Å². The SMILES string of the molecule is CC(c1nc2c(cnn2C2CCOCC2)c(=O)[nH]1)N1CC(Oc2ccc(F)c3c2OCC3)C1. The number of likely N-dealkylation sites (tertiary alicyclic amines) is 1. The van der Waals surface area contributed by atoms with Crippen molar-refractivity contribution >= 4 is 11.0 Å². The van der Waals surface area contributed by atoms with Crippen LogP contribution < -0.4 is 15.0 Å². The first-order valence-corrected chi connectivity index (χ1v) is 11.5. The number of halogens is 1. The number of hydrogen-bond donors (Lipinski definition) is 1. The van der Waals surface area contributed by atoms with Crippen LogP contribution in [0.3, 0.4) is 0 Å². The Morgan fingerprint density at radius 2 is 2.06 bits per heavy atom. The van der Waals surface area contributed by atoms with Crippen LogP contribution in [0.1, 0.15) is 43.2 Å². The Morgan fingerprint density at radius 3 is 2.88 bits per heavy atom. The van der Waals surface area contributed by atoms with Gasteiger partial charge >= 0.3 is 0 Å². The van der Waals surface area contributed by atoms with Crippen molar-refractivity contribution in [2.45, 2.75) is 44.4 Å². The van der Waals surface area contributed by atoms with Crippen LogP contribution in [0.4, 0.5) is 4.39 Å². The third-order valence-corrected chi connectivity index (χ3v) is 6.90. The van der Waals surface area contributed by atoms with E-state index in [2.05, 4.69) is 15.0 Å². The number of benzene rings is 1. The average Bonchev–Trinajstić information content (AvgIpc) is 3.46. The Balaban J connectivity index is 1.17. The van der Waals surface area contributed by atoms with Gasteiger partial charge in [0.2, 0.25) is 0 Å². The minimum atomic E-state index is -0.246. The smallest absolute Gasteiger partial charge is 0.262 e. The van der Waals surface area contributed by atoms with E-state index in [1.807, 2.05) is 11.6 Å². The molecule has 0 bridgehead atoms. The highest BCUT2D eigenvalue weighted by Crippen LogP contribution is 2.39. The minimum absolute atomic E-state index is 0.0329. The molecule has 3 aliphatic rings. The zero-order valence-electron chi connectivity index (χ0n) is 18.4. The van der Waals surface area contributed by atoms with Gasteiger partial charge in [-0.1, -0.05) is 0 Å². The predicted octanol–water partition coefficient (Wildman–Crippen LogP) is 2.37. The van der Waals surface area contributed by atoms with Crippen LogP contribution in [0.2, 0.25) is 0 Å². The number of nitrogens with zero attached hydrogens (tertiary/aromatic N) is 4. The molecule has 0 aliphatic carbocycles. The Bertz CT molecular complexity index is 1250. The first-order valence-electron chi connectivity index (χ1n) is 11.5. The number of H-pyrrole nitrogens is 1. The molecule has 6 rings (SSSR count). The molecule has 1 atom stereocenters. The van der Waals surface area contributed by atoms with Crippen LogP contribution in [-0.2, 0) is 11.2 Å². The van der Waals surface area contributed by atoms with Crippen LogP contribution in [0.5, 0.6) is 11.5 Å². The van der Waals surface area contributed by atoms with Gasteiger partial charge in [-0.25, -0.2) is 14.1 Å². The number of fused-ring (bicyclic) bond motifs is 2. The topological polar surface area (TPSA) is 94.5 Å². The van der Waals surface area contributed by atoms with Gasteiger partial charge in [-0.15, -0.1) is 0 Å². The second-order valence-electron chi connectivity index (χ2n) is 8.94. The molecule has 3 aliphatic heterocycles. The van der Waals surface area contributed by atoms with Gasteiger partial charge < -0.3 is 19.2 Å². The summed E-state index contributed by atoms with van der Waals surface area (Å²) in [6.45, 7) is 5.23. The molecule has 174 valence electrons. The molecule has 1 aromatic carbocycles. The number of rotatable bonds is 5. The molecule has 33 heavy (non-hydrogen) atoms. The quantitative estimate of drug-likeness (QED) is 0.631. The van der Waals surface area contributed by atoms with Crippen LogP contribution in [0, 0.1) is 5.82 Å². The van der Waals surface area contributed by atoms with Crippen molar-refractivity contribution in [1.82, 2.24) is 24.6 Å². The van der Waals surface area contributed by atoms with Crippen LogP contribution in [-0.4, -0.2) is 63.7 Å². The lowest BCUT2D eigenvalue weighted by Crippen LogP contribution is -2.54. The van der Waals surface area contributed by atoms with Gasteiger partial charge in [0.25, 0.3) is 5.56 Å². The van der Waals surface area contributed by atoms with Gasteiger partial charge in [0.15, 0.2) is 17.1 Å². The number of aromatic amines is 1. The van der Waals surface area contributed by atoms with E-state index >= 15 is 0 Å². The molecule has 1 unspecified atom stereocenters. The summed E-state index contributed by atoms with van der Waals surface area (Å²) in [5, 5.41) is 4.97. The van der Waals surface area contributed by atoms with Crippen molar-refractivity contribution in [2.24, 2.45) is 0 Å². The van der Waals surface area contributed by atoms with Crippen molar-refractivity contribution in [3.8, 4) is 11.5 Å². The van der Waals surface area contributed by atoms with Gasteiger partial charge in [0.05, 0.1) is 24.9 Å². The monoisotopic (exact) mass is 455 g/mol. The largest absolute Gasteiger partial charge is 0.489 e. The van der Waals surface area contributed by atoms with Crippen LogP contribution in [0.25, 0.3) is 11.0 Å². The maximum absolute atomic E-state index is 13.9. The van der Waals surface area contributed by atoms with Crippen molar-refractivity contribution < 1.29 is 18.6 Å². The van der Waals surface area contributed by atoms with E-state index in [-0.39, 0.29) is 29.6 Å². The van der Waals surface area contributed by atoms with Gasteiger partial charge in [0.1, 0.15) is 23.1 Å². The highest BCUT2D eigenvalue weighted by Gasteiger charge is 2.35. The summed E-state index contributed by atoms with van der Waals surface area (Å²) in [5.74, 6) is 1.49. The number of nitrogens with one attached hydrogen (secondary N) is 1. The van der Waals surface area contributed by atoms with Crippen molar-refractivity contribution in [1.29, 1.82) is 0 Å². The normalized spacial score (nSPS) is 20.4. The van der Waals surface area contributed by atoms with E-state index in [4.69, 9.17) is 19.2 Å². The van der Waals surface area contributed by atoms with Gasteiger partial charge in [-0.3, -0.25) is 9.69 Å². The van der Waals surface area contributed by atoms with Crippen LogP contribution >= 0.6 is 0 Å². The summed E-state index contributed by atoms with van der Waals surface area (Å²) >= 11 is 0. The molecule has 3 aromatic rings. The number of ether oxygens (including phenoxy) is 3. The summed E-state index contributed by atoms with van der Waals surface area (Å²) in [4.78, 5) is 22.6. The first-order chi connectivity index (χ1) is 16.1. The average molecular weight is 455 g/mol. The Morgan fingerprint density at radius 1 is 1.24 bits per heavy atom. The minimum Gasteiger partial charge on any atom is -0.489 e. The lowest BCUT2D eigenvalue weighted by Gasteiger charge is -2.42. The van der Waals surface area contributed by atoms with E-state index in [9.17, 15) is 9.18 Å². The van der Waals surface area contributed by atoms with E-state index < -0.39 is 0 Å². The molecule has 0 saturated carbocycles. The molecule has 5 heterocycles. The molecular weight excluding hydrogens is 429 g/mol. The molecule has 2 saturated heterocycles. The Hall–Kier alpha value is -2.98. The molecular formula is C23H26FN5O4. The number of hydrogen-bond acceptors (Lipinski definition) is 7. The fourth-order valence-electron chi connectivity index (χ4n) is 4.88. The van der Waals surface area contributed by atoms with Crippen molar-refractivity contribution in [3.05, 3.63) is 45.9 Å². The first kappa shape index (κ1) is 20.6. The third-order valence-electron chi connectivity index (χ3n) is 6.90. The second-order valence-corrected chi connectivity index (χ2v) is 8.94. The Kier molecular flexibility index (Phi) is 5.06. The van der Waals surface area contributed by atoms with E-state index in [1.54, 1.807) is 12.3 Å². The molecule has 10 heteroatoms. The standard InChI is InChI=1S/C23H26FN5O4/c1-13(28-11-15(12-28)33-19-3-2-18(24)16-6-9-32-20(16)19)21-26-22-17(23(30)27-21)10-25-29(22)14-4-7-31-8-5-14/h2-3,10,13-15H,4-9,11-12H2,1H3,(H,26,27,30). The zero-order chi connectivity index (χ0) is 22.5. The van der Waals surface area contributed by atoms with Crippen LogP contribution in [0.15, 0.2) is 23.1 Å². The van der Waals surface area contributed by atoms with Crippen molar-refractivity contribution in [2.75, 3.05) is 32.9 Å². The summed E-state index contributed by atoms with van der Waals surface area (Å²) in [5.41, 5.74) is 1.04. The van der Waals surface area contributed by atoms with E-state index in [0.717, 1.165) is 12.8 Å². The molecule has 2 fully saturated rings. The van der Waals surface area contributed by atoms with Gasteiger partial charge in [0, 0.05) is 38.3 Å². The summed E-state index contributed by atoms with van der Waals surface area (Å²) in [7, 11) is 0. The maximum atomic E-state index is 13.9. The molecule has 0 radical (unpaired) electrons. The lowest BCUT2D eigenvalue weighted by atomic mass is 10.1. The van der Waals surface area contributed by atoms with E-state index in [1.165, 1.54) is 6.07 Å². The zero-order valence-corrected chi connectivity index (χ0v) is 18.4.